The summed E-state index contributed by atoms with van der Waals surface area (Å²) in [4.78, 5) is 22.5. The van der Waals surface area contributed by atoms with Crippen LogP contribution in [0.5, 0.6) is 0 Å². The molecule has 0 radical (unpaired) electrons. The van der Waals surface area contributed by atoms with Gasteiger partial charge in [-0.1, -0.05) is 24.9 Å². The molecule has 0 bridgehead atoms. The Labute approximate surface area is 121 Å². The summed E-state index contributed by atoms with van der Waals surface area (Å²) in [5, 5.41) is 14.0. The lowest BCUT2D eigenvalue weighted by Crippen LogP contribution is -2.45. The first-order valence-electron chi connectivity index (χ1n) is 6.15. The zero-order valence-electron chi connectivity index (χ0n) is 11.0. The number of halogens is 2. The summed E-state index contributed by atoms with van der Waals surface area (Å²) in [6, 6.07) is 2.24. The Bertz CT molecular complexity index is 497. The van der Waals surface area contributed by atoms with Crippen LogP contribution in [0, 0.1) is 5.82 Å². The summed E-state index contributed by atoms with van der Waals surface area (Å²) in [5.41, 5.74) is 0.421. The van der Waals surface area contributed by atoms with Crippen LogP contribution in [-0.4, -0.2) is 23.1 Å². The Balaban J connectivity index is 2.54. The highest BCUT2D eigenvalue weighted by molar-refractivity contribution is 6.31. The Hall–Kier alpha value is -1.82. The molecule has 1 atom stereocenters. The Morgan fingerprint density at radius 3 is 2.75 bits per heavy atom. The van der Waals surface area contributed by atoms with Crippen molar-refractivity contribution in [3.8, 4) is 0 Å². The number of urea groups is 1. The summed E-state index contributed by atoms with van der Waals surface area (Å²) in [6.45, 7) is 1.84. The van der Waals surface area contributed by atoms with E-state index in [2.05, 4.69) is 10.6 Å². The summed E-state index contributed by atoms with van der Waals surface area (Å²) >= 11 is 5.85. The Morgan fingerprint density at radius 1 is 1.45 bits per heavy atom. The highest BCUT2D eigenvalue weighted by Gasteiger charge is 2.18. The normalized spacial score (nSPS) is 11.8. The molecule has 1 unspecified atom stereocenters. The molecule has 0 aromatic heterocycles. The zero-order valence-corrected chi connectivity index (χ0v) is 11.7. The fourth-order valence-corrected chi connectivity index (χ4v) is 1.79. The molecule has 110 valence electrons. The molecule has 0 saturated heterocycles. The molecule has 20 heavy (non-hydrogen) atoms. The van der Waals surface area contributed by atoms with Gasteiger partial charge in [-0.2, -0.15) is 0 Å². The molecule has 0 aliphatic heterocycles. The monoisotopic (exact) mass is 302 g/mol. The smallest absolute Gasteiger partial charge is 0.326 e. The first kappa shape index (κ1) is 16.2. The minimum atomic E-state index is -1.09. The van der Waals surface area contributed by atoms with Crippen LogP contribution in [0.1, 0.15) is 25.3 Å². The zero-order chi connectivity index (χ0) is 15.1. The van der Waals surface area contributed by atoms with Crippen LogP contribution in [0.25, 0.3) is 0 Å². The molecule has 0 spiro atoms. The second-order valence-corrected chi connectivity index (χ2v) is 4.65. The minimum absolute atomic E-state index is 0.0148. The van der Waals surface area contributed by atoms with Crippen molar-refractivity contribution in [3.63, 3.8) is 0 Å². The number of rotatable bonds is 6. The van der Waals surface area contributed by atoms with Gasteiger partial charge in [-0.15, -0.1) is 0 Å². The number of amides is 2. The predicted molar refractivity (Wildman–Crippen MR) is 73.1 cm³/mol. The second kappa shape index (κ2) is 7.69. The molecule has 1 aromatic carbocycles. The number of nitrogens with one attached hydrogen (secondary N) is 2. The number of carbonyl (C=O) groups is 2. The van der Waals surface area contributed by atoms with Crippen LogP contribution < -0.4 is 10.6 Å². The van der Waals surface area contributed by atoms with E-state index >= 15 is 0 Å². The van der Waals surface area contributed by atoms with Gasteiger partial charge >= 0.3 is 12.0 Å². The van der Waals surface area contributed by atoms with Gasteiger partial charge in [0, 0.05) is 11.6 Å². The summed E-state index contributed by atoms with van der Waals surface area (Å²) in [6.07, 6.45) is 0.969. The molecule has 0 fully saturated rings. The van der Waals surface area contributed by atoms with Crippen LogP contribution in [0.4, 0.5) is 9.18 Å². The topological polar surface area (TPSA) is 78.4 Å². The second-order valence-electron chi connectivity index (χ2n) is 4.24. The van der Waals surface area contributed by atoms with E-state index in [0.717, 1.165) is 0 Å². The van der Waals surface area contributed by atoms with E-state index in [-0.39, 0.29) is 6.54 Å². The van der Waals surface area contributed by atoms with Gasteiger partial charge in [0.25, 0.3) is 0 Å². The van der Waals surface area contributed by atoms with Crippen molar-refractivity contribution in [1.82, 2.24) is 10.6 Å². The molecule has 1 aromatic rings. The molecule has 0 saturated carbocycles. The molecule has 1 rings (SSSR count). The number of carboxylic acids is 1. The fourth-order valence-electron chi connectivity index (χ4n) is 1.61. The van der Waals surface area contributed by atoms with Crippen LogP contribution in [0.15, 0.2) is 18.2 Å². The molecule has 3 N–H and O–H groups in total. The van der Waals surface area contributed by atoms with E-state index in [4.69, 9.17) is 16.7 Å². The van der Waals surface area contributed by atoms with Crippen molar-refractivity contribution in [2.24, 2.45) is 0 Å². The quantitative estimate of drug-likeness (QED) is 0.755. The Kier molecular flexibility index (Phi) is 6.24. The maximum absolute atomic E-state index is 13.0. The molecule has 7 heteroatoms. The minimum Gasteiger partial charge on any atom is -0.480 e. The fraction of sp³-hybridized carbons (Fsp3) is 0.385. The predicted octanol–water partition coefficient (Wildman–Crippen LogP) is 2.53. The highest BCUT2D eigenvalue weighted by Crippen LogP contribution is 2.16. The van der Waals surface area contributed by atoms with Crippen molar-refractivity contribution in [2.45, 2.75) is 32.4 Å². The number of carbonyl (C=O) groups excluding carboxylic acids is 1. The van der Waals surface area contributed by atoms with Crippen LogP contribution in [-0.2, 0) is 11.3 Å². The summed E-state index contributed by atoms with van der Waals surface area (Å²) in [5.74, 6) is -1.55. The van der Waals surface area contributed by atoms with Crippen LogP contribution >= 0.6 is 11.6 Å². The maximum atomic E-state index is 13.0. The SMILES string of the molecule is CCCC(NC(=O)NCc1cc(F)ccc1Cl)C(=O)O. The van der Waals surface area contributed by atoms with Crippen molar-refractivity contribution in [3.05, 3.63) is 34.6 Å². The lowest BCUT2D eigenvalue weighted by Gasteiger charge is -2.14. The van der Waals surface area contributed by atoms with E-state index in [1.165, 1.54) is 18.2 Å². The van der Waals surface area contributed by atoms with Crippen molar-refractivity contribution in [1.29, 1.82) is 0 Å². The molecule has 5 nitrogen and oxygen atoms in total. The van der Waals surface area contributed by atoms with Gasteiger partial charge in [-0.3, -0.25) is 0 Å². The highest BCUT2D eigenvalue weighted by atomic mass is 35.5. The average molecular weight is 303 g/mol. The third-order valence-corrected chi connectivity index (χ3v) is 3.00. The lowest BCUT2D eigenvalue weighted by atomic mass is 10.2. The van der Waals surface area contributed by atoms with Gasteiger partial charge in [0.1, 0.15) is 11.9 Å². The van der Waals surface area contributed by atoms with Gasteiger partial charge in [0.05, 0.1) is 0 Å². The number of aliphatic carboxylic acids is 1. The molecule has 2 amide bonds. The molecule has 0 aliphatic rings. The van der Waals surface area contributed by atoms with Crippen molar-refractivity contribution >= 4 is 23.6 Å². The van der Waals surface area contributed by atoms with Crippen LogP contribution in [0.2, 0.25) is 5.02 Å². The average Bonchev–Trinajstić information content (AvgIpc) is 2.39. The number of carboxylic acid groups (broad SMARTS) is 1. The summed E-state index contributed by atoms with van der Waals surface area (Å²) < 4.78 is 13.0. The number of hydrogen-bond donors (Lipinski definition) is 3. The van der Waals surface area contributed by atoms with Crippen molar-refractivity contribution < 1.29 is 19.1 Å². The van der Waals surface area contributed by atoms with Crippen LogP contribution in [0.3, 0.4) is 0 Å². The third-order valence-electron chi connectivity index (χ3n) is 2.63. The van der Waals surface area contributed by atoms with Gasteiger partial charge in [-0.05, 0) is 30.2 Å². The van der Waals surface area contributed by atoms with E-state index in [9.17, 15) is 14.0 Å². The van der Waals surface area contributed by atoms with E-state index in [0.29, 0.717) is 23.4 Å². The van der Waals surface area contributed by atoms with E-state index < -0.39 is 23.9 Å². The Morgan fingerprint density at radius 2 is 2.15 bits per heavy atom. The van der Waals surface area contributed by atoms with E-state index in [1.54, 1.807) is 0 Å². The van der Waals surface area contributed by atoms with Crippen molar-refractivity contribution in [2.75, 3.05) is 0 Å². The molecule has 0 heterocycles. The first-order chi connectivity index (χ1) is 9.43. The standard InChI is InChI=1S/C13H16ClFN2O3/c1-2-3-11(12(18)19)17-13(20)16-7-8-6-9(15)4-5-10(8)14/h4-6,11H,2-3,7H2,1H3,(H,18,19)(H2,16,17,20). The first-order valence-corrected chi connectivity index (χ1v) is 6.53. The van der Waals surface area contributed by atoms with Gasteiger partial charge in [-0.25, -0.2) is 14.0 Å². The molecular formula is C13H16ClFN2O3. The van der Waals surface area contributed by atoms with E-state index in [1.807, 2.05) is 6.92 Å². The number of hydrogen-bond acceptors (Lipinski definition) is 2. The third kappa shape index (κ3) is 5.05. The van der Waals surface area contributed by atoms with Gasteiger partial charge in [0.2, 0.25) is 0 Å². The molecule has 0 aliphatic carbocycles. The van der Waals surface area contributed by atoms with Gasteiger partial charge < -0.3 is 15.7 Å². The lowest BCUT2D eigenvalue weighted by molar-refractivity contribution is -0.139. The molecular weight excluding hydrogens is 287 g/mol. The largest absolute Gasteiger partial charge is 0.480 e. The summed E-state index contributed by atoms with van der Waals surface area (Å²) in [7, 11) is 0. The van der Waals surface area contributed by atoms with Gasteiger partial charge in [0.15, 0.2) is 0 Å². The number of benzene rings is 1. The maximum Gasteiger partial charge on any atom is 0.326 e.